The van der Waals surface area contributed by atoms with E-state index >= 15 is 0 Å². The van der Waals surface area contributed by atoms with Crippen LogP contribution in [0.15, 0.2) is 6.07 Å². The number of aromatic nitrogens is 1. The molecular weight excluding hydrogens is 192 g/mol. The standard InChI is InChI=1S/C6H2ClF2NO2/c7-2-1-3(8)5(9)10-4(2)6(11)12/h1H,(H,11,12). The Kier molecular flexibility index (Phi) is 2.23. The van der Waals surface area contributed by atoms with E-state index in [1.54, 1.807) is 0 Å². The molecule has 1 aromatic rings. The zero-order valence-electron chi connectivity index (χ0n) is 5.51. The summed E-state index contributed by atoms with van der Waals surface area (Å²) >= 11 is 5.25. The highest BCUT2D eigenvalue weighted by molar-refractivity contribution is 6.33. The average Bonchev–Trinajstić information content (AvgIpc) is 1.96. The van der Waals surface area contributed by atoms with E-state index in [1.807, 2.05) is 0 Å². The van der Waals surface area contributed by atoms with E-state index in [-0.39, 0.29) is 0 Å². The molecule has 0 aliphatic carbocycles. The van der Waals surface area contributed by atoms with E-state index in [9.17, 15) is 13.6 Å². The smallest absolute Gasteiger partial charge is 0.356 e. The van der Waals surface area contributed by atoms with E-state index in [0.717, 1.165) is 0 Å². The normalized spacial score (nSPS) is 9.92. The first-order valence-electron chi connectivity index (χ1n) is 2.77. The lowest BCUT2D eigenvalue weighted by atomic mass is 10.3. The summed E-state index contributed by atoms with van der Waals surface area (Å²) < 4.78 is 24.6. The summed E-state index contributed by atoms with van der Waals surface area (Å²) in [4.78, 5) is 13.0. The Hall–Kier alpha value is -1.23. The molecule has 64 valence electrons. The Morgan fingerprint density at radius 3 is 2.67 bits per heavy atom. The van der Waals surface area contributed by atoms with E-state index in [1.165, 1.54) is 0 Å². The maximum atomic E-state index is 12.3. The van der Waals surface area contributed by atoms with Gasteiger partial charge in [0, 0.05) is 0 Å². The van der Waals surface area contributed by atoms with Crippen LogP contribution in [0.3, 0.4) is 0 Å². The van der Waals surface area contributed by atoms with Crippen molar-refractivity contribution in [3.8, 4) is 0 Å². The van der Waals surface area contributed by atoms with Gasteiger partial charge >= 0.3 is 5.97 Å². The maximum absolute atomic E-state index is 12.3. The number of carboxylic acid groups (broad SMARTS) is 1. The molecule has 0 spiro atoms. The molecule has 0 aromatic carbocycles. The Morgan fingerprint density at radius 1 is 1.58 bits per heavy atom. The second-order valence-corrected chi connectivity index (χ2v) is 2.30. The monoisotopic (exact) mass is 193 g/mol. The third-order valence-electron chi connectivity index (χ3n) is 1.09. The van der Waals surface area contributed by atoms with Gasteiger partial charge in [0.2, 0.25) is 5.95 Å². The van der Waals surface area contributed by atoms with Gasteiger partial charge in [-0.1, -0.05) is 11.6 Å². The van der Waals surface area contributed by atoms with Gasteiger partial charge in [0.05, 0.1) is 5.02 Å². The molecule has 0 aliphatic heterocycles. The Balaban J connectivity index is 3.33. The topological polar surface area (TPSA) is 50.2 Å². The molecule has 0 radical (unpaired) electrons. The third-order valence-corrected chi connectivity index (χ3v) is 1.38. The maximum Gasteiger partial charge on any atom is 0.356 e. The highest BCUT2D eigenvalue weighted by atomic mass is 35.5. The van der Waals surface area contributed by atoms with Crippen LogP contribution in [-0.4, -0.2) is 16.1 Å². The van der Waals surface area contributed by atoms with Crippen molar-refractivity contribution >= 4 is 17.6 Å². The van der Waals surface area contributed by atoms with E-state index in [0.29, 0.717) is 6.07 Å². The Morgan fingerprint density at radius 2 is 2.17 bits per heavy atom. The SMILES string of the molecule is O=C(O)c1nc(F)c(F)cc1Cl. The van der Waals surface area contributed by atoms with Crippen LogP contribution in [0.1, 0.15) is 10.5 Å². The van der Waals surface area contributed by atoms with Crippen LogP contribution in [0.2, 0.25) is 5.02 Å². The van der Waals surface area contributed by atoms with Crippen molar-refractivity contribution in [2.24, 2.45) is 0 Å². The predicted octanol–water partition coefficient (Wildman–Crippen LogP) is 1.71. The Bertz CT molecular complexity index is 343. The largest absolute Gasteiger partial charge is 0.476 e. The van der Waals surface area contributed by atoms with Gasteiger partial charge in [-0.25, -0.2) is 14.2 Å². The van der Waals surface area contributed by atoms with E-state index in [2.05, 4.69) is 4.98 Å². The van der Waals surface area contributed by atoms with Crippen LogP contribution in [0.4, 0.5) is 8.78 Å². The fourth-order valence-corrected chi connectivity index (χ4v) is 0.813. The summed E-state index contributed by atoms with van der Waals surface area (Å²) in [5, 5.41) is 7.92. The fourth-order valence-electron chi connectivity index (χ4n) is 0.594. The molecular formula is C6H2ClF2NO2. The van der Waals surface area contributed by atoms with Crippen LogP contribution >= 0.6 is 11.6 Å². The number of hydrogen-bond donors (Lipinski definition) is 1. The molecule has 0 fully saturated rings. The number of carbonyl (C=O) groups is 1. The van der Waals surface area contributed by atoms with Crippen LogP contribution in [0, 0.1) is 11.8 Å². The Labute approximate surface area is 70.6 Å². The molecule has 6 heteroatoms. The summed E-state index contributed by atoms with van der Waals surface area (Å²) in [6, 6.07) is 0.563. The minimum atomic E-state index is -1.50. The van der Waals surface area contributed by atoms with Crippen molar-refractivity contribution < 1.29 is 18.7 Å². The summed E-state index contributed by atoms with van der Waals surface area (Å²) in [6.45, 7) is 0. The highest BCUT2D eigenvalue weighted by Crippen LogP contribution is 2.16. The molecule has 0 aliphatic rings. The summed E-state index contributed by atoms with van der Waals surface area (Å²) in [5.74, 6) is -4.25. The minimum Gasteiger partial charge on any atom is -0.476 e. The van der Waals surface area contributed by atoms with Gasteiger partial charge in [-0.15, -0.1) is 0 Å². The zero-order valence-corrected chi connectivity index (χ0v) is 6.27. The van der Waals surface area contributed by atoms with Crippen LogP contribution in [0.5, 0.6) is 0 Å². The molecule has 0 amide bonds. The number of hydrogen-bond acceptors (Lipinski definition) is 2. The van der Waals surface area contributed by atoms with Crippen molar-refractivity contribution in [2.45, 2.75) is 0 Å². The summed E-state index contributed by atoms with van der Waals surface area (Å²) in [5.41, 5.74) is -0.699. The molecule has 0 bridgehead atoms. The summed E-state index contributed by atoms with van der Waals surface area (Å²) in [7, 11) is 0. The average molecular weight is 194 g/mol. The van der Waals surface area contributed by atoms with Gasteiger partial charge in [-0.05, 0) is 6.07 Å². The fraction of sp³-hybridized carbons (Fsp3) is 0. The van der Waals surface area contributed by atoms with Crippen molar-refractivity contribution in [1.29, 1.82) is 0 Å². The van der Waals surface area contributed by atoms with Gasteiger partial charge in [0.15, 0.2) is 11.5 Å². The number of rotatable bonds is 1. The van der Waals surface area contributed by atoms with E-state index in [4.69, 9.17) is 16.7 Å². The van der Waals surface area contributed by atoms with Crippen molar-refractivity contribution in [1.82, 2.24) is 4.98 Å². The minimum absolute atomic E-state index is 0.429. The predicted molar refractivity (Wildman–Crippen MR) is 36.1 cm³/mol. The van der Waals surface area contributed by atoms with Crippen LogP contribution in [0.25, 0.3) is 0 Å². The number of nitrogens with zero attached hydrogens (tertiary/aromatic N) is 1. The van der Waals surface area contributed by atoms with Gasteiger partial charge in [-0.2, -0.15) is 4.39 Å². The second-order valence-electron chi connectivity index (χ2n) is 1.90. The molecule has 1 heterocycles. The number of pyridine rings is 1. The quantitative estimate of drug-likeness (QED) is 0.691. The molecule has 3 nitrogen and oxygen atoms in total. The molecule has 0 atom stereocenters. The third kappa shape index (κ3) is 1.50. The van der Waals surface area contributed by atoms with Gasteiger partial charge in [0.25, 0.3) is 0 Å². The van der Waals surface area contributed by atoms with E-state index < -0.39 is 28.5 Å². The van der Waals surface area contributed by atoms with Crippen molar-refractivity contribution in [2.75, 3.05) is 0 Å². The van der Waals surface area contributed by atoms with Gasteiger partial charge in [0.1, 0.15) is 0 Å². The molecule has 0 saturated heterocycles. The lowest BCUT2D eigenvalue weighted by Gasteiger charge is -1.97. The second kappa shape index (κ2) is 3.02. The highest BCUT2D eigenvalue weighted by Gasteiger charge is 2.15. The molecule has 0 unspecified atom stereocenters. The van der Waals surface area contributed by atoms with Gasteiger partial charge < -0.3 is 5.11 Å². The molecule has 1 N–H and O–H groups in total. The molecule has 12 heavy (non-hydrogen) atoms. The first-order valence-corrected chi connectivity index (χ1v) is 3.15. The summed E-state index contributed by atoms with van der Waals surface area (Å²) in [6.07, 6.45) is 0. The lowest BCUT2D eigenvalue weighted by molar-refractivity contribution is 0.0689. The first kappa shape index (κ1) is 8.86. The number of carboxylic acids is 1. The number of halogens is 3. The molecule has 0 saturated carbocycles. The zero-order chi connectivity index (χ0) is 9.30. The number of aromatic carboxylic acids is 1. The van der Waals surface area contributed by atoms with Crippen LogP contribution in [-0.2, 0) is 0 Å². The first-order chi connectivity index (χ1) is 5.52. The van der Waals surface area contributed by atoms with Crippen molar-refractivity contribution in [3.05, 3.63) is 28.5 Å². The lowest BCUT2D eigenvalue weighted by Crippen LogP contribution is -2.04. The molecule has 1 rings (SSSR count). The van der Waals surface area contributed by atoms with Crippen molar-refractivity contribution in [3.63, 3.8) is 0 Å². The molecule has 1 aromatic heterocycles. The van der Waals surface area contributed by atoms with Gasteiger partial charge in [-0.3, -0.25) is 0 Å². The van der Waals surface area contributed by atoms with Crippen LogP contribution < -0.4 is 0 Å².